The number of nitrogens with zero attached hydrogens (tertiary/aromatic N) is 1. The Balaban J connectivity index is 1.93. The van der Waals surface area contributed by atoms with E-state index in [4.69, 9.17) is 14.6 Å². The van der Waals surface area contributed by atoms with Crippen LogP contribution in [0.5, 0.6) is 11.5 Å². The van der Waals surface area contributed by atoms with Gasteiger partial charge in [0.2, 0.25) is 0 Å². The molecule has 1 aromatic heterocycles. The van der Waals surface area contributed by atoms with Crippen LogP contribution >= 0.6 is 11.8 Å². The van der Waals surface area contributed by atoms with Gasteiger partial charge in [0.05, 0.1) is 5.92 Å². The van der Waals surface area contributed by atoms with E-state index in [9.17, 15) is 4.79 Å². The highest BCUT2D eigenvalue weighted by Crippen LogP contribution is 2.37. The molecule has 2 heterocycles. The lowest BCUT2D eigenvalue weighted by atomic mass is 10.1. The van der Waals surface area contributed by atoms with Gasteiger partial charge < -0.3 is 14.6 Å². The molecule has 21 heavy (non-hydrogen) atoms. The van der Waals surface area contributed by atoms with Crippen LogP contribution in [0.15, 0.2) is 29.4 Å². The van der Waals surface area contributed by atoms with Crippen molar-refractivity contribution in [1.82, 2.24) is 4.98 Å². The number of thioether (sulfide) groups is 1. The Kier molecular flexibility index (Phi) is 3.88. The third-order valence-corrected chi connectivity index (χ3v) is 4.55. The van der Waals surface area contributed by atoms with Crippen molar-refractivity contribution >= 4 is 28.5 Å². The van der Waals surface area contributed by atoms with Gasteiger partial charge in [-0.3, -0.25) is 4.79 Å². The average Bonchev–Trinajstić information content (AvgIpc) is 2.50. The van der Waals surface area contributed by atoms with Gasteiger partial charge in [0.15, 0.2) is 11.5 Å². The van der Waals surface area contributed by atoms with Gasteiger partial charge in [0, 0.05) is 17.3 Å². The van der Waals surface area contributed by atoms with E-state index in [2.05, 4.69) is 4.98 Å². The molecule has 6 heteroatoms. The summed E-state index contributed by atoms with van der Waals surface area (Å²) in [4.78, 5) is 15.3. The summed E-state index contributed by atoms with van der Waals surface area (Å²) >= 11 is 1.45. The van der Waals surface area contributed by atoms with Gasteiger partial charge in [-0.25, -0.2) is 4.98 Å². The normalized spacial score (nSPS) is 14.9. The molecule has 3 rings (SSSR count). The van der Waals surface area contributed by atoms with E-state index in [0.29, 0.717) is 19.0 Å². The molecule has 0 saturated carbocycles. The minimum atomic E-state index is -0.795. The molecule has 1 unspecified atom stereocenters. The van der Waals surface area contributed by atoms with Crippen LogP contribution in [0.1, 0.15) is 6.92 Å². The fourth-order valence-corrected chi connectivity index (χ4v) is 3.09. The highest BCUT2D eigenvalue weighted by molar-refractivity contribution is 7.99. The Hall–Kier alpha value is -1.95. The second-order valence-corrected chi connectivity index (χ2v) is 5.89. The van der Waals surface area contributed by atoms with Crippen molar-refractivity contribution < 1.29 is 19.4 Å². The van der Waals surface area contributed by atoms with Gasteiger partial charge in [0.1, 0.15) is 18.2 Å². The predicted octanol–water partition coefficient (Wildman–Crippen LogP) is 2.82. The van der Waals surface area contributed by atoms with Gasteiger partial charge in [-0.15, -0.1) is 11.8 Å². The molecule has 110 valence electrons. The first kappa shape index (κ1) is 14.0. The topological polar surface area (TPSA) is 68.7 Å². The zero-order valence-corrected chi connectivity index (χ0v) is 12.4. The third kappa shape index (κ3) is 2.90. The molecule has 0 aliphatic carbocycles. The summed E-state index contributed by atoms with van der Waals surface area (Å²) in [6.45, 7) is 2.79. The molecule has 0 bridgehead atoms. The first-order chi connectivity index (χ1) is 10.1. The SMILES string of the molecule is CC(CSc1nccc2cc3c(cc12)OCCO3)C(=O)O. The number of hydrogen-bond acceptors (Lipinski definition) is 5. The summed E-state index contributed by atoms with van der Waals surface area (Å²) in [6, 6.07) is 5.78. The number of rotatable bonds is 4. The first-order valence-electron chi connectivity index (χ1n) is 6.69. The van der Waals surface area contributed by atoms with Crippen LogP contribution in [-0.2, 0) is 4.79 Å². The Morgan fingerprint density at radius 2 is 2.10 bits per heavy atom. The minimum absolute atomic E-state index is 0.413. The number of carboxylic acid groups (broad SMARTS) is 1. The summed E-state index contributed by atoms with van der Waals surface area (Å²) in [5.41, 5.74) is 0. The van der Waals surface area contributed by atoms with Crippen LogP contribution < -0.4 is 9.47 Å². The molecule has 1 aromatic carbocycles. The Labute approximate surface area is 126 Å². The Bertz CT molecular complexity index is 689. The minimum Gasteiger partial charge on any atom is -0.486 e. The molecule has 0 spiro atoms. The second kappa shape index (κ2) is 5.81. The van der Waals surface area contributed by atoms with Gasteiger partial charge >= 0.3 is 5.97 Å². The third-order valence-electron chi connectivity index (χ3n) is 3.28. The number of benzene rings is 1. The van der Waals surface area contributed by atoms with E-state index in [1.807, 2.05) is 18.2 Å². The lowest BCUT2D eigenvalue weighted by Gasteiger charge is -2.19. The van der Waals surface area contributed by atoms with Crippen LogP contribution in [-0.4, -0.2) is 35.0 Å². The molecule has 1 aliphatic heterocycles. The second-order valence-electron chi connectivity index (χ2n) is 4.88. The molecule has 1 aliphatic rings. The van der Waals surface area contributed by atoms with Gasteiger partial charge in [-0.2, -0.15) is 0 Å². The highest BCUT2D eigenvalue weighted by atomic mass is 32.2. The molecule has 0 amide bonds. The monoisotopic (exact) mass is 305 g/mol. The highest BCUT2D eigenvalue weighted by Gasteiger charge is 2.16. The molecule has 0 saturated heterocycles. The summed E-state index contributed by atoms with van der Waals surface area (Å²) in [7, 11) is 0. The van der Waals surface area contributed by atoms with E-state index >= 15 is 0 Å². The van der Waals surface area contributed by atoms with Crippen molar-refractivity contribution in [1.29, 1.82) is 0 Å². The fraction of sp³-hybridized carbons (Fsp3) is 0.333. The maximum atomic E-state index is 10.9. The lowest BCUT2D eigenvalue weighted by Crippen LogP contribution is -2.15. The maximum absolute atomic E-state index is 10.9. The number of hydrogen-bond donors (Lipinski definition) is 1. The molecule has 5 nitrogen and oxygen atoms in total. The quantitative estimate of drug-likeness (QED) is 0.876. The van der Waals surface area contributed by atoms with E-state index < -0.39 is 11.9 Å². The summed E-state index contributed by atoms with van der Waals surface area (Å²) in [5, 5.41) is 11.8. The van der Waals surface area contributed by atoms with E-state index in [1.165, 1.54) is 11.8 Å². The number of aliphatic carboxylic acids is 1. The zero-order valence-electron chi connectivity index (χ0n) is 11.5. The molecule has 1 atom stereocenters. The van der Waals surface area contributed by atoms with E-state index in [0.717, 1.165) is 27.3 Å². The average molecular weight is 305 g/mol. The maximum Gasteiger partial charge on any atom is 0.307 e. The van der Waals surface area contributed by atoms with Gasteiger partial charge in [0.25, 0.3) is 0 Å². The number of carboxylic acids is 1. The summed E-state index contributed by atoms with van der Waals surface area (Å²) in [5.74, 6) is 0.737. The van der Waals surface area contributed by atoms with Crippen LogP contribution in [0.2, 0.25) is 0 Å². The van der Waals surface area contributed by atoms with Crippen LogP contribution in [0.3, 0.4) is 0 Å². The number of ether oxygens (including phenoxy) is 2. The standard InChI is InChI=1S/C15H15NO4S/c1-9(15(17)18)8-21-14-11-7-13-12(19-4-5-20-13)6-10(11)2-3-16-14/h2-3,6-7,9H,4-5,8H2,1H3,(H,17,18). The molecule has 1 N–H and O–H groups in total. The fourth-order valence-electron chi connectivity index (χ4n) is 2.07. The van der Waals surface area contributed by atoms with Gasteiger partial charge in [-0.05, 0) is 23.6 Å². The summed E-state index contributed by atoms with van der Waals surface area (Å²) < 4.78 is 11.2. The van der Waals surface area contributed by atoms with Crippen LogP contribution in [0.25, 0.3) is 10.8 Å². The first-order valence-corrected chi connectivity index (χ1v) is 7.67. The van der Waals surface area contributed by atoms with E-state index in [1.54, 1.807) is 13.1 Å². The van der Waals surface area contributed by atoms with Gasteiger partial charge in [-0.1, -0.05) is 6.92 Å². The van der Waals surface area contributed by atoms with E-state index in [-0.39, 0.29) is 0 Å². The Morgan fingerprint density at radius 1 is 1.38 bits per heavy atom. The number of pyridine rings is 1. The summed E-state index contributed by atoms with van der Waals surface area (Å²) in [6.07, 6.45) is 1.73. The smallest absolute Gasteiger partial charge is 0.307 e. The van der Waals surface area contributed by atoms with Crippen molar-refractivity contribution in [2.24, 2.45) is 5.92 Å². The predicted molar refractivity (Wildman–Crippen MR) is 80.3 cm³/mol. The van der Waals surface area contributed by atoms with Crippen molar-refractivity contribution in [3.05, 3.63) is 24.4 Å². The lowest BCUT2D eigenvalue weighted by molar-refractivity contribution is -0.140. The molecule has 0 fully saturated rings. The number of carbonyl (C=O) groups is 1. The molecular formula is C15H15NO4S. The largest absolute Gasteiger partial charge is 0.486 e. The zero-order chi connectivity index (χ0) is 14.8. The van der Waals surface area contributed by atoms with Crippen molar-refractivity contribution in [2.45, 2.75) is 11.9 Å². The van der Waals surface area contributed by atoms with Crippen molar-refractivity contribution in [3.63, 3.8) is 0 Å². The van der Waals surface area contributed by atoms with Crippen molar-refractivity contribution in [3.8, 4) is 11.5 Å². The molecular weight excluding hydrogens is 290 g/mol. The number of aromatic nitrogens is 1. The Morgan fingerprint density at radius 3 is 2.81 bits per heavy atom. The van der Waals surface area contributed by atoms with Crippen molar-refractivity contribution in [2.75, 3.05) is 19.0 Å². The van der Waals surface area contributed by atoms with Crippen LogP contribution in [0, 0.1) is 5.92 Å². The molecule has 2 aromatic rings. The molecule has 0 radical (unpaired) electrons. The van der Waals surface area contributed by atoms with Crippen LogP contribution in [0.4, 0.5) is 0 Å². The number of fused-ring (bicyclic) bond motifs is 2.